The highest BCUT2D eigenvalue weighted by atomic mass is 32.2. The Hall–Kier alpha value is -3.28. The Kier molecular flexibility index (Phi) is 4.64. The first-order valence-corrected chi connectivity index (χ1v) is 11.4. The van der Waals surface area contributed by atoms with Crippen LogP contribution in [0.15, 0.2) is 22.0 Å². The number of alkyl carbamates (subject to hydrolysis) is 1. The molecule has 2 aliphatic heterocycles. The predicted octanol–water partition coefficient (Wildman–Crippen LogP) is 2.63. The van der Waals surface area contributed by atoms with E-state index in [0.717, 1.165) is 0 Å². The third-order valence-corrected chi connectivity index (χ3v) is 7.36. The van der Waals surface area contributed by atoms with Gasteiger partial charge in [0.15, 0.2) is 0 Å². The quantitative estimate of drug-likeness (QED) is 0.505. The van der Waals surface area contributed by atoms with Gasteiger partial charge in [-0.25, -0.2) is 9.59 Å². The fourth-order valence-corrected chi connectivity index (χ4v) is 5.70. The number of fused-ring (bicyclic) bond motifs is 4. The van der Waals surface area contributed by atoms with Crippen molar-refractivity contribution < 1.29 is 24.4 Å². The van der Waals surface area contributed by atoms with Gasteiger partial charge in [-0.1, -0.05) is 11.8 Å². The van der Waals surface area contributed by atoms with Gasteiger partial charge >= 0.3 is 12.1 Å². The standard InChI is InChI=1S/C21H22N4O7S/c1-21(2,3)32-20(29)22-16-10-6-23(7-11(10)16)13-5-12-9(4-14(13)25(30)31)17(26)15(19(27)28)18-24(12)8-33-18/h4-5,10-11,16H,6-8H2,1-3H3,(H,22,29)(H,27,28). The minimum Gasteiger partial charge on any atom is -0.477 e. The van der Waals surface area contributed by atoms with Crippen molar-refractivity contribution in [1.29, 1.82) is 0 Å². The highest BCUT2D eigenvalue weighted by Gasteiger charge is 2.57. The van der Waals surface area contributed by atoms with E-state index < -0.39 is 28.0 Å². The number of ether oxygens (including phenoxy) is 1. The predicted molar refractivity (Wildman–Crippen MR) is 120 cm³/mol. The number of aromatic nitrogens is 1. The maximum absolute atomic E-state index is 12.8. The number of hydrogen-bond donors (Lipinski definition) is 2. The lowest BCUT2D eigenvalue weighted by Crippen LogP contribution is -2.38. The molecule has 0 radical (unpaired) electrons. The molecule has 1 aromatic carbocycles. The molecule has 1 saturated heterocycles. The van der Waals surface area contributed by atoms with Crippen LogP contribution >= 0.6 is 11.8 Å². The molecule has 2 fully saturated rings. The topological polar surface area (TPSA) is 144 Å². The molecular formula is C21H22N4O7S. The molecule has 2 unspecified atom stereocenters. The Labute approximate surface area is 191 Å². The number of nitro groups is 1. The number of amides is 1. The fraction of sp³-hybridized carbons (Fsp3) is 0.476. The van der Waals surface area contributed by atoms with Gasteiger partial charge in [-0.3, -0.25) is 14.9 Å². The molecule has 12 heteroatoms. The first kappa shape index (κ1) is 21.6. The maximum atomic E-state index is 12.8. The zero-order valence-corrected chi connectivity index (χ0v) is 19.0. The van der Waals surface area contributed by atoms with Crippen molar-refractivity contribution in [3.63, 3.8) is 0 Å². The van der Waals surface area contributed by atoms with Crippen LogP contribution in [0.25, 0.3) is 10.9 Å². The number of nitrogens with one attached hydrogen (secondary N) is 1. The SMILES string of the molecule is CC(C)(C)OC(=O)NC1C2CN(c3cc4c(cc3[N+](=O)[O-])c(=O)c(C(=O)O)c3n4CS3)CC21. The normalized spacial score (nSPS) is 22.9. The third kappa shape index (κ3) is 3.48. The van der Waals surface area contributed by atoms with Crippen molar-refractivity contribution in [3.8, 4) is 0 Å². The minimum atomic E-state index is -1.34. The lowest BCUT2D eigenvalue weighted by atomic mass is 10.1. The van der Waals surface area contributed by atoms with Crippen LogP contribution in [0, 0.1) is 22.0 Å². The second kappa shape index (κ2) is 7.11. The number of rotatable bonds is 4. The molecule has 3 aliphatic rings. The molecule has 1 amide bonds. The van der Waals surface area contributed by atoms with Crippen molar-refractivity contribution in [2.24, 2.45) is 11.8 Å². The van der Waals surface area contributed by atoms with E-state index in [9.17, 15) is 29.6 Å². The summed E-state index contributed by atoms with van der Waals surface area (Å²) in [6.45, 7) is 6.42. The van der Waals surface area contributed by atoms with E-state index in [4.69, 9.17) is 4.74 Å². The van der Waals surface area contributed by atoms with Crippen LogP contribution in [0.4, 0.5) is 16.2 Å². The molecule has 11 nitrogen and oxygen atoms in total. The number of pyridine rings is 1. The third-order valence-electron chi connectivity index (χ3n) is 6.27. The second-order valence-corrected chi connectivity index (χ2v) is 10.5. The lowest BCUT2D eigenvalue weighted by molar-refractivity contribution is -0.384. The molecule has 174 valence electrons. The van der Waals surface area contributed by atoms with Crippen LogP contribution in [-0.2, 0) is 10.6 Å². The maximum Gasteiger partial charge on any atom is 0.407 e. The number of piperidine rings is 1. The molecule has 5 rings (SSSR count). The van der Waals surface area contributed by atoms with Crippen molar-refractivity contribution in [3.05, 3.63) is 38.0 Å². The van der Waals surface area contributed by atoms with Crippen molar-refractivity contribution in [2.75, 3.05) is 18.0 Å². The van der Waals surface area contributed by atoms with E-state index in [1.54, 1.807) is 31.4 Å². The van der Waals surface area contributed by atoms with Gasteiger partial charge in [-0.15, -0.1) is 0 Å². The number of hydrogen-bond acceptors (Lipinski definition) is 8. The Morgan fingerprint density at radius 2 is 1.94 bits per heavy atom. The number of nitrogens with zero attached hydrogens (tertiary/aromatic N) is 3. The monoisotopic (exact) mass is 474 g/mol. The zero-order valence-electron chi connectivity index (χ0n) is 18.2. The molecule has 2 N–H and O–H groups in total. The highest BCUT2D eigenvalue weighted by molar-refractivity contribution is 7.99. The number of carbonyl (C=O) groups is 2. The number of carboxylic acid groups (broad SMARTS) is 1. The van der Waals surface area contributed by atoms with Crippen LogP contribution < -0.4 is 15.6 Å². The van der Waals surface area contributed by atoms with Crippen molar-refractivity contribution in [1.82, 2.24) is 9.88 Å². The Morgan fingerprint density at radius 1 is 1.27 bits per heavy atom. The smallest absolute Gasteiger partial charge is 0.407 e. The van der Waals surface area contributed by atoms with Crippen molar-refractivity contribution >= 4 is 46.1 Å². The van der Waals surface area contributed by atoms with E-state index >= 15 is 0 Å². The molecule has 2 aromatic rings. The molecule has 1 aliphatic carbocycles. The summed E-state index contributed by atoms with van der Waals surface area (Å²) in [5, 5.41) is 24.5. The number of carboxylic acids is 1. The summed E-state index contributed by atoms with van der Waals surface area (Å²) >= 11 is 1.26. The van der Waals surface area contributed by atoms with Crippen LogP contribution in [0.1, 0.15) is 31.1 Å². The zero-order chi connectivity index (χ0) is 23.8. The van der Waals surface area contributed by atoms with Crippen LogP contribution in [0.3, 0.4) is 0 Å². The van der Waals surface area contributed by atoms with Gasteiger partial charge in [0.05, 0.1) is 26.7 Å². The number of nitro benzene ring substituents is 1. The fourth-order valence-electron chi connectivity index (χ4n) is 4.75. The first-order chi connectivity index (χ1) is 15.5. The van der Waals surface area contributed by atoms with Gasteiger partial charge in [0, 0.05) is 37.0 Å². The van der Waals surface area contributed by atoms with Crippen LogP contribution in [-0.4, -0.2) is 51.4 Å². The first-order valence-electron chi connectivity index (χ1n) is 10.5. The molecule has 3 heterocycles. The molecule has 1 saturated carbocycles. The summed E-state index contributed by atoms with van der Waals surface area (Å²) in [4.78, 5) is 49.6. The summed E-state index contributed by atoms with van der Waals surface area (Å²) in [5.41, 5.74) is -1.00. The van der Waals surface area contributed by atoms with E-state index in [0.29, 0.717) is 35.2 Å². The van der Waals surface area contributed by atoms with E-state index in [1.165, 1.54) is 17.8 Å². The largest absolute Gasteiger partial charge is 0.477 e. The molecule has 0 bridgehead atoms. The number of benzene rings is 1. The van der Waals surface area contributed by atoms with E-state index in [-0.39, 0.29) is 34.5 Å². The number of aromatic carboxylic acids is 1. The Balaban J connectivity index is 1.44. The number of anilines is 1. The summed E-state index contributed by atoms with van der Waals surface area (Å²) in [5.74, 6) is -0.559. The average molecular weight is 474 g/mol. The van der Waals surface area contributed by atoms with E-state index in [1.807, 2.05) is 4.90 Å². The highest BCUT2D eigenvalue weighted by Crippen LogP contribution is 2.49. The summed E-state index contributed by atoms with van der Waals surface area (Å²) < 4.78 is 7.01. The van der Waals surface area contributed by atoms with Gasteiger partial charge in [0.2, 0.25) is 5.43 Å². The van der Waals surface area contributed by atoms with E-state index in [2.05, 4.69) is 5.32 Å². The number of thioether (sulfide) groups is 1. The number of carbonyl (C=O) groups excluding carboxylic acids is 1. The van der Waals surface area contributed by atoms with Gasteiger partial charge in [0.1, 0.15) is 16.9 Å². The molecule has 1 aromatic heterocycles. The molecular weight excluding hydrogens is 452 g/mol. The van der Waals surface area contributed by atoms with Crippen LogP contribution in [0.2, 0.25) is 0 Å². The van der Waals surface area contributed by atoms with Gasteiger partial charge < -0.3 is 24.6 Å². The van der Waals surface area contributed by atoms with Gasteiger partial charge in [-0.05, 0) is 26.8 Å². The minimum absolute atomic E-state index is 0.0284. The lowest BCUT2D eigenvalue weighted by Gasteiger charge is -2.27. The van der Waals surface area contributed by atoms with Gasteiger partial charge in [0.25, 0.3) is 5.69 Å². The molecule has 2 atom stereocenters. The molecule has 33 heavy (non-hydrogen) atoms. The average Bonchev–Trinajstić information content (AvgIpc) is 3.10. The summed E-state index contributed by atoms with van der Waals surface area (Å²) in [7, 11) is 0. The van der Waals surface area contributed by atoms with Crippen LogP contribution in [0.5, 0.6) is 0 Å². The Morgan fingerprint density at radius 3 is 2.45 bits per heavy atom. The molecule has 0 spiro atoms. The second-order valence-electron chi connectivity index (χ2n) is 9.54. The van der Waals surface area contributed by atoms with Gasteiger partial charge in [-0.2, -0.15) is 0 Å². The summed E-state index contributed by atoms with van der Waals surface area (Å²) in [6.07, 6.45) is -0.476. The van der Waals surface area contributed by atoms with Crippen molar-refractivity contribution in [2.45, 2.75) is 43.3 Å². The Bertz CT molecular complexity index is 1290. The summed E-state index contributed by atoms with van der Waals surface area (Å²) in [6, 6.07) is 2.77.